The van der Waals surface area contributed by atoms with Gasteiger partial charge in [-0.1, -0.05) is 12.1 Å². The lowest BCUT2D eigenvalue weighted by atomic mass is 10.1. The first kappa shape index (κ1) is 14.7. The molecular formula is C14H10F3N3O. The van der Waals surface area contributed by atoms with Crippen LogP contribution >= 0.6 is 0 Å². The lowest BCUT2D eigenvalue weighted by Crippen LogP contribution is -2.17. The summed E-state index contributed by atoms with van der Waals surface area (Å²) in [6.07, 6.45) is -0.205. The van der Waals surface area contributed by atoms with E-state index in [1.807, 2.05) is 0 Å². The molecule has 0 spiro atoms. The van der Waals surface area contributed by atoms with Gasteiger partial charge in [-0.25, -0.2) is 5.43 Å². The van der Waals surface area contributed by atoms with Crippen LogP contribution in [-0.4, -0.2) is 17.1 Å². The molecule has 0 aliphatic heterocycles. The van der Waals surface area contributed by atoms with E-state index in [0.717, 1.165) is 12.1 Å². The molecule has 1 heterocycles. The molecule has 0 radical (unpaired) electrons. The van der Waals surface area contributed by atoms with Crippen LogP contribution < -0.4 is 5.43 Å². The molecule has 21 heavy (non-hydrogen) atoms. The number of alkyl halides is 3. The van der Waals surface area contributed by atoms with E-state index in [-0.39, 0.29) is 0 Å². The molecule has 0 unspecified atom stereocenters. The van der Waals surface area contributed by atoms with Crippen molar-refractivity contribution in [3.8, 4) is 0 Å². The molecule has 1 aromatic carbocycles. The first-order chi connectivity index (χ1) is 9.97. The minimum atomic E-state index is -4.37. The fourth-order valence-electron chi connectivity index (χ4n) is 1.49. The van der Waals surface area contributed by atoms with E-state index in [9.17, 15) is 18.0 Å². The lowest BCUT2D eigenvalue weighted by Gasteiger charge is -2.05. The molecule has 0 atom stereocenters. The number of hydrogen-bond acceptors (Lipinski definition) is 3. The third kappa shape index (κ3) is 4.13. The molecule has 0 aliphatic rings. The van der Waals surface area contributed by atoms with Crippen LogP contribution in [0.25, 0.3) is 0 Å². The summed E-state index contributed by atoms with van der Waals surface area (Å²) in [6, 6.07) is 7.60. The second-order valence-electron chi connectivity index (χ2n) is 4.06. The number of nitrogens with zero attached hydrogens (tertiary/aromatic N) is 2. The zero-order valence-corrected chi connectivity index (χ0v) is 10.6. The third-order valence-electron chi connectivity index (χ3n) is 2.54. The Morgan fingerprint density at radius 2 is 1.90 bits per heavy atom. The maximum atomic E-state index is 12.4. The highest BCUT2D eigenvalue weighted by Gasteiger charge is 2.29. The van der Waals surface area contributed by atoms with Crippen LogP contribution in [-0.2, 0) is 6.18 Å². The summed E-state index contributed by atoms with van der Waals surface area (Å²) in [5.74, 6) is -0.453. The number of rotatable bonds is 3. The number of carbonyl (C=O) groups is 1. The highest BCUT2D eigenvalue weighted by atomic mass is 19.4. The zero-order valence-electron chi connectivity index (χ0n) is 10.6. The van der Waals surface area contributed by atoms with Gasteiger partial charge in [-0.2, -0.15) is 18.3 Å². The molecule has 0 fully saturated rings. The van der Waals surface area contributed by atoms with E-state index >= 15 is 0 Å². The summed E-state index contributed by atoms with van der Waals surface area (Å²) >= 11 is 0. The standard InChI is InChI=1S/C14H10F3N3O/c15-14(16,17)12-5-3-10(4-6-12)8-19-20-13(21)11-2-1-7-18-9-11/h1-9H,(H,20,21)/b19-8+. The lowest BCUT2D eigenvalue weighted by molar-refractivity contribution is -0.137. The van der Waals surface area contributed by atoms with E-state index in [2.05, 4.69) is 15.5 Å². The van der Waals surface area contributed by atoms with Crippen molar-refractivity contribution in [3.63, 3.8) is 0 Å². The number of benzene rings is 1. The molecule has 0 saturated carbocycles. The second kappa shape index (κ2) is 6.17. The molecule has 2 aromatic rings. The van der Waals surface area contributed by atoms with Crippen LogP contribution in [0.4, 0.5) is 13.2 Å². The number of aromatic nitrogens is 1. The first-order valence-corrected chi connectivity index (χ1v) is 5.87. The van der Waals surface area contributed by atoms with Gasteiger partial charge in [0.05, 0.1) is 17.3 Å². The zero-order chi connectivity index (χ0) is 15.3. The van der Waals surface area contributed by atoms with Gasteiger partial charge >= 0.3 is 6.18 Å². The van der Waals surface area contributed by atoms with Crippen LogP contribution in [0.15, 0.2) is 53.9 Å². The number of hydrazone groups is 1. The van der Waals surface area contributed by atoms with Crippen molar-refractivity contribution in [2.45, 2.75) is 6.18 Å². The normalized spacial score (nSPS) is 11.6. The quantitative estimate of drug-likeness (QED) is 0.699. The molecular weight excluding hydrogens is 283 g/mol. The first-order valence-electron chi connectivity index (χ1n) is 5.87. The van der Waals surface area contributed by atoms with Crippen LogP contribution in [0.3, 0.4) is 0 Å². The van der Waals surface area contributed by atoms with Crippen molar-refractivity contribution in [1.82, 2.24) is 10.4 Å². The summed E-state index contributed by atoms with van der Waals surface area (Å²) < 4.78 is 37.1. The largest absolute Gasteiger partial charge is 0.416 e. The van der Waals surface area contributed by atoms with Gasteiger partial charge < -0.3 is 0 Å². The molecule has 0 aliphatic carbocycles. The number of pyridine rings is 1. The maximum absolute atomic E-state index is 12.4. The van der Waals surface area contributed by atoms with Gasteiger partial charge in [0.15, 0.2) is 0 Å². The van der Waals surface area contributed by atoms with Crippen LogP contribution in [0.2, 0.25) is 0 Å². The molecule has 108 valence electrons. The van der Waals surface area contributed by atoms with Crippen LogP contribution in [0.5, 0.6) is 0 Å². The predicted octanol–water partition coefficient (Wildman–Crippen LogP) is 2.86. The van der Waals surface area contributed by atoms with Crippen molar-refractivity contribution in [2.75, 3.05) is 0 Å². The van der Waals surface area contributed by atoms with Crippen molar-refractivity contribution < 1.29 is 18.0 Å². The predicted molar refractivity (Wildman–Crippen MR) is 70.7 cm³/mol. The number of nitrogens with one attached hydrogen (secondary N) is 1. The van der Waals surface area contributed by atoms with E-state index in [1.54, 1.807) is 12.1 Å². The number of hydrogen-bond donors (Lipinski definition) is 1. The van der Waals surface area contributed by atoms with Crippen LogP contribution in [0.1, 0.15) is 21.5 Å². The number of halogens is 3. The van der Waals surface area contributed by atoms with Crippen molar-refractivity contribution in [3.05, 3.63) is 65.5 Å². The molecule has 2 rings (SSSR count). The van der Waals surface area contributed by atoms with Crippen molar-refractivity contribution in [2.24, 2.45) is 5.10 Å². The SMILES string of the molecule is O=C(N/N=C/c1ccc(C(F)(F)F)cc1)c1cccnc1. The number of amides is 1. The minimum Gasteiger partial charge on any atom is -0.267 e. The van der Waals surface area contributed by atoms with E-state index in [4.69, 9.17) is 0 Å². The fourth-order valence-corrected chi connectivity index (χ4v) is 1.49. The third-order valence-corrected chi connectivity index (χ3v) is 2.54. The molecule has 0 saturated heterocycles. The summed E-state index contributed by atoms with van der Waals surface area (Å²) in [5, 5.41) is 3.68. The van der Waals surface area contributed by atoms with E-state index in [0.29, 0.717) is 11.1 Å². The van der Waals surface area contributed by atoms with Gasteiger partial charge in [0, 0.05) is 12.4 Å². The average molecular weight is 293 g/mol. The molecule has 7 heteroatoms. The van der Waals surface area contributed by atoms with Gasteiger partial charge in [-0.15, -0.1) is 0 Å². The Morgan fingerprint density at radius 3 is 2.48 bits per heavy atom. The molecule has 1 amide bonds. The molecule has 0 bridgehead atoms. The van der Waals surface area contributed by atoms with Crippen LogP contribution in [0, 0.1) is 0 Å². The van der Waals surface area contributed by atoms with Gasteiger partial charge in [-0.05, 0) is 29.8 Å². The van der Waals surface area contributed by atoms with Gasteiger partial charge in [0.1, 0.15) is 0 Å². The summed E-state index contributed by atoms with van der Waals surface area (Å²) in [7, 11) is 0. The number of carbonyl (C=O) groups excluding carboxylic acids is 1. The van der Waals surface area contributed by atoms with Gasteiger partial charge in [0.25, 0.3) is 5.91 Å². The average Bonchev–Trinajstić information content (AvgIpc) is 2.47. The summed E-state index contributed by atoms with van der Waals surface area (Å²) in [6.45, 7) is 0. The highest BCUT2D eigenvalue weighted by molar-refractivity contribution is 5.94. The van der Waals surface area contributed by atoms with Gasteiger partial charge in [-0.3, -0.25) is 9.78 Å². The Hall–Kier alpha value is -2.70. The van der Waals surface area contributed by atoms with Gasteiger partial charge in [0.2, 0.25) is 0 Å². The topological polar surface area (TPSA) is 54.4 Å². The highest BCUT2D eigenvalue weighted by Crippen LogP contribution is 2.28. The molecule has 1 N–H and O–H groups in total. The Morgan fingerprint density at radius 1 is 1.19 bits per heavy atom. The monoisotopic (exact) mass is 293 g/mol. The Labute approximate surface area is 118 Å². The van der Waals surface area contributed by atoms with Crippen molar-refractivity contribution in [1.29, 1.82) is 0 Å². The summed E-state index contributed by atoms with van der Waals surface area (Å²) in [4.78, 5) is 15.4. The minimum absolute atomic E-state index is 0.335. The Kier molecular flexibility index (Phi) is 4.32. The van der Waals surface area contributed by atoms with E-state index in [1.165, 1.54) is 30.7 Å². The van der Waals surface area contributed by atoms with E-state index < -0.39 is 17.6 Å². The fraction of sp³-hybridized carbons (Fsp3) is 0.0714. The molecule has 1 aromatic heterocycles. The Bertz CT molecular complexity index is 637. The smallest absolute Gasteiger partial charge is 0.267 e. The second-order valence-corrected chi connectivity index (χ2v) is 4.06. The summed E-state index contributed by atoms with van der Waals surface area (Å²) in [5.41, 5.74) is 2.30. The molecule has 4 nitrogen and oxygen atoms in total. The Balaban J connectivity index is 1.97. The maximum Gasteiger partial charge on any atom is 0.416 e. The van der Waals surface area contributed by atoms with Crippen molar-refractivity contribution >= 4 is 12.1 Å².